The fourth-order valence-corrected chi connectivity index (χ4v) is 5.48. The number of ether oxygens (including phenoxy) is 1. The molecule has 2 heterocycles. The van der Waals surface area contributed by atoms with Crippen LogP contribution in [-0.4, -0.2) is 44.7 Å². The summed E-state index contributed by atoms with van der Waals surface area (Å²) in [6.07, 6.45) is 1.35. The normalized spacial score (nSPS) is 16.0. The maximum absolute atomic E-state index is 12.8. The molecule has 0 spiro atoms. The van der Waals surface area contributed by atoms with Gasteiger partial charge in [-0.05, 0) is 48.6 Å². The maximum atomic E-state index is 12.8. The number of rotatable bonds is 5. The fourth-order valence-electron chi connectivity index (χ4n) is 3.05. The van der Waals surface area contributed by atoms with Crippen molar-refractivity contribution in [3.63, 3.8) is 0 Å². The quantitative estimate of drug-likeness (QED) is 0.801. The number of carbonyl (C=O) groups is 1. The molecule has 1 aliphatic heterocycles. The second kappa shape index (κ2) is 7.58. The Morgan fingerprint density at radius 1 is 1.20 bits per heavy atom. The molecule has 1 aliphatic rings. The number of hydrogen-bond donors (Lipinski definition) is 0. The summed E-state index contributed by atoms with van der Waals surface area (Å²) < 4.78 is 30.6. The Hall–Kier alpha value is -1.86. The highest BCUT2D eigenvalue weighted by molar-refractivity contribution is 7.92. The van der Waals surface area contributed by atoms with Crippen LogP contribution in [0.2, 0.25) is 0 Å². The van der Waals surface area contributed by atoms with Gasteiger partial charge in [0, 0.05) is 18.0 Å². The number of hydrogen-bond acceptors (Lipinski definition) is 5. The Balaban J connectivity index is 1.61. The van der Waals surface area contributed by atoms with Crippen LogP contribution in [0.4, 0.5) is 0 Å². The molecule has 0 N–H and O–H groups in total. The predicted octanol–water partition coefficient (Wildman–Crippen LogP) is 2.76. The smallest absolute Gasteiger partial charge is 0.227 e. The number of piperidine rings is 1. The van der Waals surface area contributed by atoms with Crippen LogP contribution in [0, 0.1) is 0 Å². The van der Waals surface area contributed by atoms with Crippen molar-refractivity contribution in [2.75, 3.05) is 20.2 Å². The highest BCUT2D eigenvalue weighted by atomic mass is 32.2. The van der Waals surface area contributed by atoms with E-state index in [9.17, 15) is 13.2 Å². The van der Waals surface area contributed by atoms with Gasteiger partial charge in [-0.25, -0.2) is 8.42 Å². The zero-order valence-corrected chi connectivity index (χ0v) is 15.7. The van der Waals surface area contributed by atoms with Crippen molar-refractivity contribution in [1.82, 2.24) is 4.90 Å². The van der Waals surface area contributed by atoms with E-state index in [0.717, 1.165) is 4.88 Å². The summed E-state index contributed by atoms with van der Waals surface area (Å²) >= 11 is 1.57. The summed E-state index contributed by atoms with van der Waals surface area (Å²) in [4.78, 5) is 15.5. The number of methoxy groups -OCH3 is 1. The van der Waals surface area contributed by atoms with Gasteiger partial charge in [0.15, 0.2) is 9.84 Å². The van der Waals surface area contributed by atoms with Crippen LogP contribution >= 0.6 is 11.3 Å². The molecule has 3 rings (SSSR count). The minimum Gasteiger partial charge on any atom is -0.497 e. The molecule has 0 bridgehead atoms. The van der Waals surface area contributed by atoms with Gasteiger partial charge in [0.2, 0.25) is 5.91 Å². The van der Waals surface area contributed by atoms with E-state index in [4.69, 9.17) is 4.74 Å². The van der Waals surface area contributed by atoms with Crippen molar-refractivity contribution in [1.29, 1.82) is 0 Å². The molecular weight excluding hydrogens is 358 g/mol. The number of sulfone groups is 1. The molecule has 134 valence electrons. The standard InChI is InChI=1S/C18H21NO4S2/c1-23-14-4-6-16(7-5-14)25(21,22)17-8-10-19(11-9-17)18(20)13-15-3-2-12-24-15/h2-7,12,17H,8-11,13H2,1H3. The third-order valence-electron chi connectivity index (χ3n) is 4.53. The first kappa shape index (κ1) is 17.9. The van der Waals surface area contributed by atoms with E-state index in [1.54, 1.807) is 47.6 Å². The first-order valence-electron chi connectivity index (χ1n) is 8.19. The highest BCUT2D eigenvalue weighted by Gasteiger charge is 2.32. The van der Waals surface area contributed by atoms with Gasteiger partial charge in [-0.1, -0.05) is 6.07 Å². The van der Waals surface area contributed by atoms with E-state index in [2.05, 4.69) is 0 Å². The van der Waals surface area contributed by atoms with Crippen LogP contribution in [0.3, 0.4) is 0 Å². The van der Waals surface area contributed by atoms with Gasteiger partial charge in [0.25, 0.3) is 0 Å². The summed E-state index contributed by atoms with van der Waals surface area (Å²) in [6, 6.07) is 10.4. The van der Waals surface area contributed by atoms with E-state index in [-0.39, 0.29) is 5.91 Å². The van der Waals surface area contributed by atoms with E-state index in [0.29, 0.717) is 43.0 Å². The van der Waals surface area contributed by atoms with Gasteiger partial charge in [-0.15, -0.1) is 11.3 Å². The Morgan fingerprint density at radius 3 is 2.44 bits per heavy atom. The number of nitrogens with zero attached hydrogens (tertiary/aromatic N) is 1. The van der Waals surface area contributed by atoms with Crippen molar-refractivity contribution in [2.45, 2.75) is 29.4 Å². The second-order valence-corrected chi connectivity index (χ2v) is 9.32. The van der Waals surface area contributed by atoms with E-state index < -0.39 is 15.1 Å². The Bertz CT molecular complexity index is 805. The number of thiophene rings is 1. The van der Waals surface area contributed by atoms with E-state index >= 15 is 0 Å². The number of carbonyl (C=O) groups excluding carboxylic acids is 1. The van der Waals surface area contributed by atoms with E-state index in [1.165, 1.54) is 0 Å². The number of likely N-dealkylation sites (tertiary alicyclic amines) is 1. The molecule has 7 heteroatoms. The van der Waals surface area contributed by atoms with Crippen LogP contribution in [0.5, 0.6) is 5.75 Å². The lowest BCUT2D eigenvalue weighted by molar-refractivity contribution is -0.131. The molecule has 0 unspecified atom stereocenters. The lowest BCUT2D eigenvalue weighted by atomic mass is 10.1. The molecule has 1 amide bonds. The van der Waals surface area contributed by atoms with Crippen LogP contribution in [0.1, 0.15) is 17.7 Å². The number of benzene rings is 1. The van der Waals surface area contributed by atoms with Gasteiger partial charge in [-0.3, -0.25) is 4.79 Å². The lowest BCUT2D eigenvalue weighted by Crippen LogP contribution is -2.43. The monoisotopic (exact) mass is 379 g/mol. The zero-order valence-electron chi connectivity index (χ0n) is 14.1. The van der Waals surface area contributed by atoms with Crippen LogP contribution in [-0.2, 0) is 21.1 Å². The van der Waals surface area contributed by atoms with Crippen molar-refractivity contribution in [3.8, 4) is 5.75 Å². The predicted molar refractivity (Wildman–Crippen MR) is 97.8 cm³/mol. The van der Waals surface area contributed by atoms with Gasteiger partial charge >= 0.3 is 0 Å². The molecule has 1 aromatic carbocycles. The Kier molecular flexibility index (Phi) is 5.44. The van der Waals surface area contributed by atoms with Crippen LogP contribution in [0.15, 0.2) is 46.7 Å². The fraction of sp³-hybridized carbons (Fsp3) is 0.389. The topological polar surface area (TPSA) is 63.7 Å². The van der Waals surface area contributed by atoms with Crippen molar-refractivity contribution >= 4 is 27.1 Å². The van der Waals surface area contributed by atoms with Gasteiger partial charge in [-0.2, -0.15) is 0 Å². The molecule has 5 nitrogen and oxygen atoms in total. The minimum absolute atomic E-state index is 0.0720. The van der Waals surface area contributed by atoms with Gasteiger partial charge in [0.05, 0.1) is 23.7 Å². The van der Waals surface area contributed by atoms with Crippen LogP contribution in [0.25, 0.3) is 0 Å². The third-order valence-corrected chi connectivity index (χ3v) is 7.68. The molecule has 25 heavy (non-hydrogen) atoms. The van der Waals surface area contributed by atoms with E-state index in [1.807, 2.05) is 17.5 Å². The van der Waals surface area contributed by atoms with Crippen molar-refractivity contribution in [3.05, 3.63) is 46.7 Å². The molecule has 0 saturated carbocycles. The van der Waals surface area contributed by atoms with Crippen molar-refractivity contribution < 1.29 is 17.9 Å². The molecule has 0 atom stereocenters. The highest BCUT2D eigenvalue weighted by Crippen LogP contribution is 2.26. The molecule has 1 fully saturated rings. The largest absolute Gasteiger partial charge is 0.497 e. The second-order valence-electron chi connectivity index (χ2n) is 6.06. The first-order valence-corrected chi connectivity index (χ1v) is 10.6. The first-order chi connectivity index (χ1) is 12.0. The maximum Gasteiger partial charge on any atom is 0.227 e. The molecular formula is C18H21NO4S2. The molecule has 1 aromatic heterocycles. The Labute approximate surface area is 152 Å². The van der Waals surface area contributed by atoms with Crippen molar-refractivity contribution in [2.24, 2.45) is 0 Å². The summed E-state index contributed by atoms with van der Waals surface area (Å²) in [5, 5.41) is 1.52. The molecule has 0 aliphatic carbocycles. The molecule has 1 saturated heterocycles. The molecule has 0 radical (unpaired) electrons. The summed E-state index contributed by atoms with van der Waals surface area (Å²) in [5.74, 6) is 0.704. The average molecular weight is 380 g/mol. The average Bonchev–Trinajstić information content (AvgIpc) is 3.15. The third kappa shape index (κ3) is 4.04. The Morgan fingerprint density at radius 2 is 1.88 bits per heavy atom. The molecule has 2 aromatic rings. The summed E-state index contributed by atoms with van der Waals surface area (Å²) in [6.45, 7) is 0.981. The SMILES string of the molecule is COc1ccc(S(=O)(=O)C2CCN(C(=O)Cc3cccs3)CC2)cc1. The minimum atomic E-state index is -3.38. The zero-order chi connectivity index (χ0) is 17.9. The van der Waals surface area contributed by atoms with Gasteiger partial charge in [0.1, 0.15) is 5.75 Å². The summed E-state index contributed by atoms with van der Waals surface area (Å²) in [5.41, 5.74) is 0. The van der Waals surface area contributed by atoms with Gasteiger partial charge < -0.3 is 9.64 Å². The van der Waals surface area contributed by atoms with Crippen LogP contribution < -0.4 is 4.74 Å². The lowest BCUT2D eigenvalue weighted by Gasteiger charge is -2.31. The number of amides is 1. The summed E-state index contributed by atoms with van der Waals surface area (Å²) in [7, 11) is -1.83.